The van der Waals surface area contributed by atoms with E-state index in [9.17, 15) is 10.1 Å². The summed E-state index contributed by atoms with van der Waals surface area (Å²) >= 11 is 3.26. The van der Waals surface area contributed by atoms with E-state index in [4.69, 9.17) is 0 Å². The molecular weight excluding hydrogens is 320 g/mol. The van der Waals surface area contributed by atoms with Crippen molar-refractivity contribution >= 4 is 33.0 Å². The van der Waals surface area contributed by atoms with Crippen LogP contribution in [0.25, 0.3) is 0 Å². The lowest BCUT2D eigenvalue weighted by molar-refractivity contribution is -0.384. The van der Waals surface area contributed by atoms with Crippen molar-refractivity contribution in [1.82, 2.24) is 0 Å². The minimum atomic E-state index is -0.379. The third kappa shape index (κ3) is 3.36. The number of anilines is 2. The monoisotopic (exact) mass is 334 g/mol. The van der Waals surface area contributed by atoms with Crippen LogP contribution in [0, 0.1) is 10.1 Å². The molecule has 0 amide bonds. The Bertz CT molecular complexity index is 629. The Labute approximate surface area is 126 Å². The van der Waals surface area contributed by atoms with Gasteiger partial charge in [0.1, 0.15) is 5.69 Å². The van der Waals surface area contributed by atoms with Crippen molar-refractivity contribution < 1.29 is 4.92 Å². The van der Waals surface area contributed by atoms with Gasteiger partial charge in [-0.25, -0.2) is 0 Å². The summed E-state index contributed by atoms with van der Waals surface area (Å²) < 4.78 is 0.691. The van der Waals surface area contributed by atoms with Crippen molar-refractivity contribution in [3.63, 3.8) is 0 Å². The first-order chi connectivity index (χ1) is 9.61. The molecule has 4 nitrogen and oxygen atoms in total. The van der Waals surface area contributed by atoms with E-state index >= 15 is 0 Å². The van der Waals surface area contributed by atoms with Crippen molar-refractivity contribution in [1.29, 1.82) is 0 Å². The second-order valence-corrected chi connectivity index (χ2v) is 5.37. The van der Waals surface area contributed by atoms with Gasteiger partial charge in [0, 0.05) is 16.2 Å². The molecule has 2 aromatic carbocycles. The summed E-state index contributed by atoms with van der Waals surface area (Å²) in [5.74, 6) is 0. The van der Waals surface area contributed by atoms with Crippen LogP contribution in [0.3, 0.4) is 0 Å². The zero-order valence-electron chi connectivity index (χ0n) is 11.1. The summed E-state index contributed by atoms with van der Waals surface area (Å²) in [5, 5.41) is 14.3. The summed E-state index contributed by atoms with van der Waals surface area (Å²) in [4.78, 5) is 10.7. The molecule has 0 heterocycles. The number of para-hydroxylation sites is 1. The Morgan fingerprint density at radius 3 is 2.65 bits per heavy atom. The highest BCUT2D eigenvalue weighted by Crippen LogP contribution is 2.31. The van der Waals surface area contributed by atoms with Crippen molar-refractivity contribution in [2.45, 2.75) is 19.8 Å². The fourth-order valence-corrected chi connectivity index (χ4v) is 2.39. The lowest BCUT2D eigenvalue weighted by Gasteiger charge is -2.12. The summed E-state index contributed by atoms with van der Waals surface area (Å²) in [6, 6.07) is 12.9. The molecule has 0 atom stereocenters. The highest BCUT2D eigenvalue weighted by atomic mass is 79.9. The van der Waals surface area contributed by atoms with Gasteiger partial charge in [-0.3, -0.25) is 10.1 Å². The molecule has 1 N–H and O–H groups in total. The Morgan fingerprint density at radius 2 is 1.95 bits per heavy atom. The van der Waals surface area contributed by atoms with Crippen LogP contribution in [0.2, 0.25) is 0 Å². The number of rotatable bonds is 5. The van der Waals surface area contributed by atoms with Gasteiger partial charge in [-0.15, -0.1) is 0 Å². The molecule has 0 aromatic heterocycles. The van der Waals surface area contributed by atoms with Gasteiger partial charge in [0.2, 0.25) is 0 Å². The smallest absolute Gasteiger partial charge is 0.293 e. The maximum Gasteiger partial charge on any atom is 0.293 e. The van der Waals surface area contributed by atoms with Crippen molar-refractivity contribution in [2.24, 2.45) is 0 Å². The second kappa shape index (κ2) is 6.52. The Hall–Kier alpha value is -1.88. The molecular formula is C15H15BrN2O2. The first kappa shape index (κ1) is 14.5. The quantitative estimate of drug-likeness (QED) is 0.614. The van der Waals surface area contributed by atoms with Gasteiger partial charge in [0.15, 0.2) is 0 Å². The zero-order chi connectivity index (χ0) is 14.5. The maximum atomic E-state index is 11.1. The normalized spacial score (nSPS) is 10.3. The summed E-state index contributed by atoms with van der Waals surface area (Å²) in [6.07, 6.45) is 1.97. The van der Waals surface area contributed by atoms with Crippen molar-refractivity contribution in [2.75, 3.05) is 5.32 Å². The van der Waals surface area contributed by atoms with Crippen molar-refractivity contribution in [3.8, 4) is 0 Å². The van der Waals surface area contributed by atoms with Gasteiger partial charge < -0.3 is 5.32 Å². The fourth-order valence-electron chi connectivity index (χ4n) is 2.04. The van der Waals surface area contributed by atoms with Crippen LogP contribution in [-0.4, -0.2) is 4.92 Å². The number of hydrogen-bond donors (Lipinski definition) is 1. The number of hydrogen-bond acceptors (Lipinski definition) is 3. The summed E-state index contributed by atoms with van der Waals surface area (Å²) in [7, 11) is 0. The van der Waals surface area contributed by atoms with E-state index < -0.39 is 0 Å². The summed E-state index contributed by atoms with van der Waals surface area (Å²) in [5.41, 5.74) is 2.64. The van der Waals surface area contributed by atoms with Gasteiger partial charge in [0.25, 0.3) is 5.69 Å². The molecule has 0 spiro atoms. The predicted octanol–water partition coefficient (Wildman–Crippen LogP) is 5.05. The van der Waals surface area contributed by atoms with Crippen LogP contribution < -0.4 is 5.32 Å². The van der Waals surface area contributed by atoms with Crippen LogP contribution >= 0.6 is 15.9 Å². The summed E-state index contributed by atoms with van der Waals surface area (Å²) in [6.45, 7) is 2.11. The number of halogens is 1. The Kier molecular flexibility index (Phi) is 4.74. The third-order valence-electron chi connectivity index (χ3n) is 2.96. The molecule has 5 heteroatoms. The topological polar surface area (TPSA) is 55.2 Å². The van der Waals surface area contributed by atoms with E-state index in [0.29, 0.717) is 10.2 Å². The van der Waals surface area contributed by atoms with Crippen LogP contribution in [0.4, 0.5) is 17.1 Å². The van der Waals surface area contributed by atoms with E-state index in [1.807, 2.05) is 24.3 Å². The Morgan fingerprint density at radius 1 is 1.20 bits per heavy atom. The molecule has 0 aliphatic carbocycles. The van der Waals surface area contributed by atoms with Gasteiger partial charge in [0.05, 0.1) is 4.92 Å². The predicted molar refractivity (Wildman–Crippen MR) is 84.5 cm³/mol. The third-order valence-corrected chi connectivity index (χ3v) is 3.46. The first-order valence-corrected chi connectivity index (χ1v) is 7.20. The number of benzene rings is 2. The molecule has 0 aliphatic rings. The molecule has 0 radical (unpaired) electrons. The molecule has 0 fully saturated rings. The van der Waals surface area contributed by atoms with Gasteiger partial charge >= 0.3 is 0 Å². The maximum absolute atomic E-state index is 11.1. The zero-order valence-corrected chi connectivity index (χ0v) is 12.7. The standard InChI is InChI=1S/C15H15BrN2O2/c1-2-5-11-6-3-4-7-13(11)17-14-9-8-12(16)10-15(14)18(19)20/h3-4,6-10,17H,2,5H2,1H3. The van der Waals surface area contributed by atoms with Crippen LogP contribution in [0.5, 0.6) is 0 Å². The van der Waals surface area contributed by atoms with E-state index in [1.54, 1.807) is 12.1 Å². The lowest BCUT2D eigenvalue weighted by atomic mass is 10.1. The van der Waals surface area contributed by atoms with Gasteiger partial charge in [-0.1, -0.05) is 47.5 Å². The number of nitro benzene ring substituents is 1. The average Bonchev–Trinajstić information content (AvgIpc) is 2.43. The molecule has 2 aromatic rings. The van der Waals surface area contributed by atoms with Crippen molar-refractivity contribution in [3.05, 3.63) is 62.6 Å². The molecule has 2 rings (SSSR count). The lowest BCUT2D eigenvalue weighted by Crippen LogP contribution is -1.99. The van der Waals surface area contributed by atoms with E-state index in [0.717, 1.165) is 24.1 Å². The molecule has 0 aliphatic heterocycles. The number of aryl methyl sites for hydroxylation is 1. The molecule has 104 valence electrons. The highest BCUT2D eigenvalue weighted by Gasteiger charge is 2.15. The number of nitrogens with one attached hydrogen (secondary N) is 1. The minimum Gasteiger partial charge on any atom is -0.350 e. The molecule has 20 heavy (non-hydrogen) atoms. The highest BCUT2D eigenvalue weighted by molar-refractivity contribution is 9.10. The molecule has 0 bridgehead atoms. The SMILES string of the molecule is CCCc1ccccc1Nc1ccc(Br)cc1[N+](=O)[O-]. The van der Waals surface area contributed by atoms with Gasteiger partial charge in [-0.2, -0.15) is 0 Å². The van der Waals surface area contributed by atoms with Crippen LogP contribution in [0.15, 0.2) is 46.9 Å². The minimum absolute atomic E-state index is 0.0608. The molecule has 0 saturated heterocycles. The molecule has 0 saturated carbocycles. The second-order valence-electron chi connectivity index (χ2n) is 4.45. The van der Waals surface area contributed by atoms with E-state index in [1.165, 1.54) is 6.07 Å². The Balaban J connectivity index is 2.37. The van der Waals surface area contributed by atoms with E-state index in [-0.39, 0.29) is 10.6 Å². The molecule has 0 unspecified atom stereocenters. The first-order valence-electron chi connectivity index (χ1n) is 6.40. The van der Waals surface area contributed by atoms with Gasteiger partial charge in [-0.05, 0) is 30.2 Å². The van der Waals surface area contributed by atoms with Crippen LogP contribution in [0.1, 0.15) is 18.9 Å². The van der Waals surface area contributed by atoms with E-state index in [2.05, 4.69) is 28.2 Å². The number of nitro groups is 1. The average molecular weight is 335 g/mol. The largest absolute Gasteiger partial charge is 0.350 e. The number of nitrogens with zero attached hydrogens (tertiary/aromatic N) is 1. The fraction of sp³-hybridized carbons (Fsp3) is 0.200. The van der Waals surface area contributed by atoms with Crippen LogP contribution in [-0.2, 0) is 6.42 Å².